The number of hydrogen-bond acceptors (Lipinski definition) is 9. The molecule has 0 bridgehead atoms. The number of hydrogen-bond donors (Lipinski definition) is 4. The molecule has 1 aromatic carbocycles. The molecule has 1 saturated carbocycles. The third-order valence-electron chi connectivity index (χ3n) is 5.69. The second-order valence-electron chi connectivity index (χ2n) is 8.50. The minimum Gasteiger partial charge on any atom is -0.494 e. The van der Waals surface area contributed by atoms with Crippen molar-refractivity contribution in [3.8, 4) is 16.9 Å². The van der Waals surface area contributed by atoms with E-state index in [0.717, 1.165) is 18.4 Å². The Balaban J connectivity index is 1.60. The summed E-state index contributed by atoms with van der Waals surface area (Å²) in [4.78, 5) is 36.6. The van der Waals surface area contributed by atoms with Crippen molar-refractivity contribution in [2.45, 2.75) is 19.4 Å². The second kappa shape index (κ2) is 12.1. The topological polar surface area (TPSA) is 161 Å². The molecule has 0 aliphatic heterocycles. The molecule has 0 atom stereocenters. The van der Waals surface area contributed by atoms with E-state index in [4.69, 9.17) is 13.6 Å². The normalized spacial score (nSPS) is 14.0. The van der Waals surface area contributed by atoms with Crippen molar-refractivity contribution in [3.63, 3.8) is 0 Å². The molecule has 0 spiro atoms. The molecule has 13 heteroatoms. The number of amides is 3. The quantitative estimate of drug-likeness (QED) is 0.275. The summed E-state index contributed by atoms with van der Waals surface area (Å²) in [6, 6.07) is 6.69. The Morgan fingerprint density at radius 3 is 2.76 bits per heavy atom. The molecule has 4 N–H and O–H groups in total. The fourth-order valence-corrected chi connectivity index (χ4v) is 3.69. The fourth-order valence-electron chi connectivity index (χ4n) is 3.69. The third kappa shape index (κ3) is 6.42. The van der Waals surface area contributed by atoms with Gasteiger partial charge >= 0.3 is 0 Å². The summed E-state index contributed by atoms with van der Waals surface area (Å²) in [5.74, 6) is -1.00. The van der Waals surface area contributed by atoms with Gasteiger partial charge in [-0.1, -0.05) is 12.1 Å². The van der Waals surface area contributed by atoms with E-state index in [1.807, 2.05) is 11.4 Å². The van der Waals surface area contributed by atoms with E-state index < -0.39 is 12.9 Å². The van der Waals surface area contributed by atoms with Gasteiger partial charge in [0.2, 0.25) is 11.8 Å². The lowest BCUT2D eigenvalue weighted by molar-refractivity contribution is -0.124. The van der Waals surface area contributed by atoms with Gasteiger partial charge < -0.3 is 30.7 Å². The lowest BCUT2D eigenvalue weighted by atomic mass is 10.1. The maximum Gasteiger partial charge on any atom is 0.273 e. The molecule has 3 amide bonds. The lowest BCUT2D eigenvalue weighted by Crippen LogP contribution is -2.30. The predicted molar refractivity (Wildman–Crippen MR) is 139 cm³/mol. The molecule has 0 saturated heterocycles. The second-order valence-corrected chi connectivity index (χ2v) is 8.50. The zero-order valence-electron chi connectivity index (χ0n) is 23.9. The molecule has 1 aliphatic carbocycles. The van der Waals surface area contributed by atoms with Gasteiger partial charge in [0, 0.05) is 54.1 Å². The van der Waals surface area contributed by atoms with Crippen LogP contribution in [-0.2, 0) is 20.9 Å². The van der Waals surface area contributed by atoms with Gasteiger partial charge in [-0.25, -0.2) is 0 Å². The zero-order chi connectivity index (χ0) is 29.6. The number of ether oxygens (including phenoxy) is 2. The van der Waals surface area contributed by atoms with Gasteiger partial charge in [0.15, 0.2) is 11.5 Å². The Morgan fingerprint density at radius 2 is 2.03 bits per heavy atom. The third-order valence-corrected chi connectivity index (χ3v) is 5.69. The minimum absolute atomic E-state index is 0.0255. The summed E-state index contributed by atoms with van der Waals surface area (Å²) in [5, 5.41) is 22.5. The van der Waals surface area contributed by atoms with Gasteiger partial charge in [-0.3, -0.25) is 19.1 Å². The predicted octanol–water partition coefficient (Wildman–Crippen LogP) is 1.56. The van der Waals surface area contributed by atoms with E-state index in [1.54, 1.807) is 29.2 Å². The first-order chi connectivity index (χ1) is 19.6. The van der Waals surface area contributed by atoms with Gasteiger partial charge in [0.05, 0.1) is 31.2 Å². The highest BCUT2D eigenvalue weighted by atomic mass is 16.5. The molecule has 2 aromatic heterocycles. The van der Waals surface area contributed by atoms with Crippen LogP contribution in [0.4, 0.5) is 17.2 Å². The highest BCUT2D eigenvalue weighted by Crippen LogP contribution is 2.38. The summed E-state index contributed by atoms with van der Waals surface area (Å²) in [5.41, 5.74) is 1.64. The van der Waals surface area contributed by atoms with Crippen LogP contribution in [0.1, 0.15) is 27.4 Å². The Hall–Kier alpha value is -4.52. The number of benzene rings is 1. The minimum atomic E-state index is -2.75. The summed E-state index contributed by atoms with van der Waals surface area (Å²) < 4.78 is 34.3. The molecule has 0 unspecified atom stereocenters. The van der Waals surface area contributed by atoms with Crippen LogP contribution in [-0.4, -0.2) is 72.0 Å². The molecule has 3 aromatic rings. The van der Waals surface area contributed by atoms with Crippen LogP contribution in [0, 0.1) is 5.92 Å². The number of rotatable bonds is 12. The average Bonchev–Trinajstić information content (AvgIpc) is 3.66. The molecule has 13 nitrogen and oxygen atoms in total. The number of nitrogens with zero attached hydrogens (tertiary/aromatic N) is 4. The number of para-hydroxylation sites is 1. The Labute approximate surface area is 223 Å². The average molecular weight is 526 g/mol. The Bertz CT molecular complexity index is 1420. The smallest absolute Gasteiger partial charge is 0.273 e. The summed E-state index contributed by atoms with van der Waals surface area (Å²) in [6.07, 6.45) is 5.01. The molecule has 4 rings (SSSR count). The lowest BCUT2D eigenvalue weighted by Gasteiger charge is -2.16. The molecule has 38 heavy (non-hydrogen) atoms. The van der Waals surface area contributed by atoms with Crippen molar-refractivity contribution in [1.29, 1.82) is 0 Å². The number of carbonyl (C=O) groups excluding carboxylic acids is 3. The molecular formula is C25H30N8O5. The van der Waals surface area contributed by atoms with Gasteiger partial charge in [0.1, 0.15) is 12.4 Å². The van der Waals surface area contributed by atoms with E-state index in [1.165, 1.54) is 20.3 Å². The van der Waals surface area contributed by atoms with Crippen LogP contribution >= 0.6 is 0 Å². The monoisotopic (exact) mass is 525 g/mol. The number of nitrogens with one attached hydrogen (secondary N) is 4. The van der Waals surface area contributed by atoms with Gasteiger partial charge in [-0.15, -0.1) is 10.2 Å². The van der Waals surface area contributed by atoms with Gasteiger partial charge in [-0.2, -0.15) is 5.10 Å². The van der Waals surface area contributed by atoms with Crippen molar-refractivity contribution < 1.29 is 28.0 Å². The van der Waals surface area contributed by atoms with Crippen molar-refractivity contribution in [3.05, 3.63) is 42.4 Å². The van der Waals surface area contributed by atoms with Crippen LogP contribution in [0.15, 0.2) is 36.7 Å². The Morgan fingerprint density at radius 1 is 1.18 bits per heavy atom. The Kier molecular flexibility index (Phi) is 7.24. The van der Waals surface area contributed by atoms with Crippen molar-refractivity contribution in [1.82, 2.24) is 30.6 Å². The zero-order valence-corrected chi connectivity index (χ0v) is 20.9. The molecule has 1 fully saturated rings. The van der Waals surface area contributed by atoms with Crippen LogP contribution < -0.4 is 26.0 Å². The molecule has 1 aliphatic rings. The largest absolute Gasteiger partial charge is 0.494 e. The van der Waals surface area contributed by atoms with Crippen LogP contribution in [0.5, 0.6) is 5.75 Å². The summed E-state index contributed by atoms with van der Waals surface area (Å²) in [6.45, 7) is -1.99. The van der Waals surface area contributed by atoms with E-state index in [0.29, 0.717) is 30.1 Å². The molecule has 0 radical (unpaired) electrons. The first kappa shape index (κ1) is 22.7. The molecule has 200 valence electrons. The molecular weight excluding hydrogens is 492 g/mol. The number of methoxy groups -OCH3 is 2. The van der Waals surface area contributed by atoms with Crippen molar-refractivity contribution in [2.75, 3.05) is 45.0 Å². The molecule has 2 heterocycles. The number of aromatic nitrogens is 4. The van der Waals surface area contributed by atoms with Crippen molar-refractivity contribution in [2.24, 2.45) is 5.92 Å². The first-order valence-corrected chi connectivity index (χ1v) is 11.8. The first-order valence-electron chi connectivity index (χ1n) is 13.3. The summed E-state index contributed by atoms with van der Waals surface area (Å²) >= 11 is 0. The van der Waals surface area contributed by atoms with Crippen LogP contribution in [0.25, 0.3) is 11.1 Å². The van der Waals surface area contributed by atoms with Crippen molar-refractivity contribution >= 4 is 34.9 Å². The van der Waals surface area contributed by atoms with Crippen LogP contribution in [0.2, 0.25) is 0 Å². The SMILES string of the molecule is [2H]C([2H])([2H])NC(=O)c1nnc(NC(=O)C2CC2)cc1Nc1cccc(-c2cnn(CCNC(=O)COC)c2)c1OC. The number of carbonyl (C=O) groups is 3. The highest BCUT2D eigenvalue weighted by Gasteiger charge is 2.30. The van der Waals surface area contributed by atoms with E-state index >= 15 is 0 Å². The highest BCUT2D eigenvalue weighted by molar-refractivity contribution is 6.00. The van der Waals surface area contributed by atoms with E-state index in [9.17, 15) is 14.4 Å². The summed E-state index contributed by atoms with van der Waals surface area (Å²) in [7, 11) is 2.92. The number of anilines is 3. The maximum absolute atomic E-state index is 12.8. The van der Waals surface area contributed by atoms with E-state index in [2.05, 4.69) is 31.2 Å². The van der Waals surface area contributed by atoms with Crippen LogP contribution in [0.3, 0.4) is 0 Å². The van der Waals surface area contributed by atoms with Gasteiger partial charge in [-0.05, 0) is 18.9 Å². The van der Waals surface area contributed by atoms with E-state index in [-0.39, 0.29) is 41.5 Å². The fraction of sp³-hybridized carbons (Fsp3) is 0.360. The standard InChI is InChI=1S/C25H30N8O5/c1-26-25(36)22-19(11-20(31-32-22)30-24(35)15-7-8-15)29-18-6-4-5-17(23(18)38-3)16-12-28-33(13-16)10-9-27-21(34)14-37-2/h4-6,11-13,15H,7-10,14H2,1-3H3,(H,26,36)(H,27,34)(H2,29,30,31,35)/i1D3. The van der Waals surface area contributed by atoms with Gasteiger partial charge in [0.25, 0.3) is 5.91 Å². The maximum atomic E-state index is 12.8.